The number of aromatic amines is 1. The SMILES string of the molecule is On1cccc2ccnc1-2.c1cnc2[nH]ccc2c1. The molecule has 0 aromatic carbocycles. The summed E-state index contributed by atoms with van der Waals surface area (Å²) >= 11 is 0. The molecule has 0 radical (unpaired) electrons. The lowest BCUT2D eigenvalue weighted by molar-refractivity contribution is 0.187. The molecule has 0 aliphatic carbocycles. The fourth-order valence-corrected chi connectivity index (χ4v) is 1.84. The number of hydrogen-bond acceptors (Lipinski definition) is 3. The van der Waals surface area contributed by atoms with Crippen LogP contribution in [0.1, 0.15) is 0 Å². The van der Waals surface area contributed by atoms with Gasteiger partial charge in [-0.3, -0.25) is 0 Å². The molecule has 5 heteroatoms. The molecule has 0 saturated heterocycles. The third-order valence-electron chi connectivity index (χ3n) is 2.75. The summed E-state index contributed by atoms with van der Waals surface area (Å²) in [6.07, 6.45) is 6.88. The van der Waals surface area contributed by atoms with Crippen molar-refractivity contribution >= 4 is 11.0 Å². The molecular weight excluding hydrogens is 240 g/mol. The largest absolute Gasteiger partial charge is 0.427 e. The summed E-state index contributed by atoms with van der Waals surface area (Å²) in [6, 6.07) is 11.5. The number of aromatic nitrogens is 4. The number of rotatable bonds is 0. The van der Waals surface area contributed by atoms with Gasteiger partial charge in [0.05, 0.1) is 0 Å². The molecule has 0 saturated carbocycles. The van der Waals surface area contributed by atoms with Gasteiger partial charge in [-0.1, -0.05) is 0 Å². The van der Waals surface area contributed by atoms with Gasteiger partial charge < -0.3 is 10.2 Å². The van der Waals surface area contributed by atoms with Gasteiger partial charge in [-0.25, -0.2) is 9.97 Å². The van der Waals surface area contributed by atoms with Gasteiger partial charge in [0.25, 0.3) is 0 Å². The van der Waals surface area contributed by atoms with E-state index in [1.54, 1.807) is 24.7 Å². The van der Waals surface area contributed by atoms with E-state index in [-0.39, 0.29) is 0 Å². The van der Waals surface area contributed by atoms with E-state index in [0.717, 1.165) is 21.3 Å². The van der Waals surface area contributed by atoms with E-state index in [9.17, 15) is 0 Å². The number of pyridine rings is 2. The Morgan fingerprint density at radius 2 is 1.95 bits per heavy atom. The molecule has 5 nitrogen and oxygen atoms in total. The van der Waals surface area contributed by atoms with E-state index < -0.39 is 0 Å². The van der Waals surface area contributed by atoms with Crippen LogP contribution in [0, 0.1) is 0 Å². The molecule has 0 atom stereocenters. The lowest BCUT2D eigenvalue weighted by atomic mass is 10.3. The second kappa shape index (κ2) is 4.81. The van der Waals surface area contributed by atoms with Crippen LogP contribution in [0.2, 0.25) is 0 Å². The van der Waals surface area contributed by atoms with Crippen LogP contribution in [-0.4, -0.2) is 24.9 Å². The molecule has 0 spiro atoms. The Morgan fingerprint density at radius 3 is 2.79 bits per heavy atom. The monoisotopic (exact) mass is 252 g/mol. The summed E-state index contributed by atoms with van der Waals surface area (Å²) in [4.78, 5) is 11.0. The zero-order valence-electron chi connectivity index (χ0n) is 10.1. The first-order chi connectivity index (χ1) is 9.34. The molecule has 2 aliphatic heterocycles. The van der Waals surface area contributed by atoms with Crippen molar-refractivity contribution in [3.8, 4) is 11.4 Å². The van der Waals surface area contributed by atoms with Crippen molar-refractivity contribution in [2.75, 3.05) is 0 Å². The molecule has 0 amide bonds. The van der Waals surface area contributed by atoms with Crippen LogP contribution in [0.15, 0.2) is 61.2 Å². The van der Waals surface area contributed by atoms with Crippen molar-refractivity contribution in [3.05, 3.63) is 61.2 Å². The number of nitrogens with one attached hydrogen (secondary N) is 1. The van der Waals surface area contributed by atoms with Gasteiger partial charge in [-0.15, -0.1) is 0 Å². The summed E-state index contributed by atoms with van der Waals surface area (Å²) in [6.45, 7) is 0. The first-order valence-corrected chi connectivity index (χ1v) is 5.84. The van der Waals surface area contributed by atoms with E-state index >= 15 is 0 Å². The Labute approximate surface area is 109 Å². The molecule has 4 rings (SSSR count). The van der Waals surface area contributed by atoms with Crippen LogP contribution in [0.5, 0.6) is 0 Å². The third kappa shape index (κ3) is 2.26. The van der Waals surface area contributed by atoms with Gasteiger partial charge in [0.2, 0.25) is 0 Å². The highest BCUT2D eigenvalue weighted by molar-refractivity contribution is 5.74. The van der Waals surface area contributed by atoms with E-state index in [2.05, 4.69) is 15.0 Å². The number of nitrogens with zero attached hydrogens (tertiary/aromatic N) is 3. The minimum atomic E-state index is 0.600. The van der Waals surface area contributed by atoms with Crippen molar-refractivity contribution in [1.29, 1.82) is 0 Å². The van der Waals surface area contributed by atoms with Crippen LogP contribution >= 0.6 is 0 Å². The Hall–Kier alpha value is -2.82. The van der Waals surface area contributed by atoms with Gasteiger partial charge in [-0.05, 0) is 36.4 Å². The molecular formula is C14H12N4O. The van der Waals surface area contributed by atoms with Crippen LogP contribution < -0.4 is 0 Å². The predicted octanol–water partition coefficient (Wildman–Crippen LogP) is 2.79. The Kier molecular flexibility index (Phi) is 2.86. The van der Waals surface area contributed by atoms with Gasteiger partial charge in [-0.2, -0.15) is 4.73 Å². The number of hydrogen-bond donors (Lipinski definition) is 2. The van der Waals surface area contributed by atoms with Crippen molar-refractivity contribution in [1.82, 2.24) is 19.7 Å². The molecule has 4 heterocycles. The van der Waals surface area contributed by atoms with Crippen LogP contribution in [-0.2, 0) is 0 Å². The topological polar surface area (TPSA) is 66.7 Å². The molecule has 94 valence electrons. The second-order valence-corrected chi connectivity index (χ2v) is 4.00. The molecule has 0 unspecified atom stereocenters. The Bertz CT molecular complexity index is 729. The smallest absolute Gasteiger partial charge is 0.175 e. The molecule has 0 bridgehead atoms. The number of fused-ring (bicyclic) bond motifs is 2. The van der Waals surface area contributed by atoms with Gasteiger partial charge in [0.1, 0.15) is 5.65 Å². The zero-order chi connectivity index (χ0) is 13.1. The van der Waals surface area contributed by atoms with Crippen molar-refractivity contribution < 1.29 is 5.21 Å². The highest BCUT2D eigenvalue weighted by atomic mass is 16.5. The first-order valence-electron chi connectivity index (χ1n) is 5.84. The maximum atomic E-state index is 9.11. The van der Waals surface area contributed by atoms with Crippen LogP contribution in [0.3, 0.4) is 0 Å². The Balaban J connectivity index is 0.000000117. The third-order valence-corrected chi connectivity index (χ3v) is 2.75. The summed E-state index contributed by atoms with van der Waals surface area (Å²) in [5.41, 5.74) is 1.91. The van der Waals surface area contributed by atoms with Crippen LogP contribution in [0.4, 0.5) is 0 Å². The fraction of sp³-hybridized carbons (Fsp3) is 0. The summed E-state index contributed by atoms with van der Waals surface area (Å²) in [5.74, 6) is 0.600. The average Bonchev–Trinajstić information content (AvgIpc) is 3.08. The minimum Gasteiger partial charge on any atom is -0.427 e. The zero-order valence-corrected chi connectivity index (χ0v) is 10.1. The highest BCUT2D eigenvalue weighted by Crippen LogP contribution is 2.16. The van der Waals surface area contributed by atoms with E-state index in [4.69, 9.17) is 5.21 Å². The maximum absolute atomic E-state index is 9.11. The van der Waals surface area contributed by atoms with E-state index in [0.29, 0.717) is 5.82 Å². The average molecular weight is 252 g/mol. The first kappa shape index (κ1) is 11.3. The van der Waals surface area contributed by atoms with Gasteiger partial charge in [0, 0.05) is 35.7 Å². The normalized spacial score (nSPS) is 10.3. The quantitative estimate of drug-likeness (QED) is 0.473. The summed E-state index contributed by atoms with van der Waals surface area (Å²) < 4.78 is 1.01. The maximum Gasteiger partial charge on any atom is 0.175 e. The molecule has 19 heavy (non-hydrogen) atoms. The van der Waals surface area contributed by atoms with Gasteiger partial charge in [0.15, 0.2) is 5.82 Å². The van der Waals surface area contributed by atoms with E-state index in [1.165, 1.54) is 0 Å². The highest BCUT2D eigenvalue weighted by Gasteiger charge is 2.04. The van der Waals surface area contributed by atoms with Crippen molar-refractivity contribution in [2.24, 2.45) is 0 Å². The molecule has 2 aromatic heterocycles. The number of H-pyrrole nitrogens is 1. The van der Waals surface area contributed by atoms with E-state index in [1.807, 2.05) is 36.5 Å². The van der Waals surface area contributed by atoms with Crippen molar-refractivity contribution in [3.63, 3.8) is 0 Å². The molecule has 0 fully saturated rings. The second-order valence-electron chi connectivity index (χ2n) is 4.00. The predicted molar refractivity (Wildman–Crippen MR) is 72.1 cm³/mol. The van der Waals surface area contributed by atoms with Gasteiger partial charge >= 0.3 is 0 Å². The summed E-state index contributed by atoms with van der Waals surface area (Å²) in [5, 5.41) is 10.3. The molecule has 2 N–H and O–H groups in total. The molecule has 2 aromatic rings. The standard InChI is InChI=1S/C7H6N2O.C7H6N2/c10-9-5-1-2-6-3-4-8-7(6)9;1-2-6-3-5-9-7(6)8-4-1/h1-5,10H;1-5H,(H,8,9). The lowest BCUT2D eigenvalue weighted by Crippen LogP contribution is -1.96. The molecule has 2 aliphatic rings. The Morgan fingerprint density at radius 1 is 1.00 bits per heavy atom. The lowest BCUT2D eigenvalue weighted by Gasteiger charge is -2.00. The summed E-state index contributed by atoms with van der Waals surface area (Å²) in [7, 11) is 0. The van der Waals surface area contributed by atoms with Crippen LogP contribution in [0.25, 0.3) is 22.4 Å². The van der Waals surface area contributed by atoms with Crippen molar-refractivity contribution in [2.45, 2.75) is 0 Å². The minimum absolute atomic E-state index is 0.600. The fourth-order valence-electron chi connectivity index (χ4n) is 1.84.